The number of rotatable bonds is 4. The van der Waals surface area contributed by atoms with Gasteiger partial charge < -0.3 is 15.1 Å². The first kappa shape index (κ1) is 24.0. The lowest BCUT2D eigenvalue weighted by atomic mass is 10.0. The monoisotopic (exact) mass is 459 g/mol. The van der Waals surface area contributed by atoms with Gasteiger partial charge in [0.1, 0.15) is 0 Å². The van der Waals surface area contributed by atoms with Crippen LogP contribution in [-0.4, -0.2) is 77.3 Å². The van der Waals surface area contributed by atoms with Gasteiger partial charge in [-0.2, -0.15) is 0 Å². The van der Waals surface area contributed by atoms with Crippen molar-refractivity contribution in [2.45, 2.75) is 25.4 Å². The van der Waals surface area contributed by atoms with Crippen LogP contribution < -0.4 is 4.90 Å². The van der Waals surface area contributed by atoms with Gasteiger partial charge in [0.2, 0.25) is 0 Å². The third-order valence-corrected chi connectivity index (χ3v) is 6.26. The second kappa shape index (κ2) is 11.9. The van der Waals surface area contributed by atoms with Crippen LogP contribution in [0.2, 0.25) is 5.02 Å². The van der Waals surface area contributed by atoms with Gasteiger partial charge in [0.25, 0.3) is 0 Å². The third-order valence-electron chi connectivity index (χ3n) is 6.01. The first-order valence-corrected chi connectivity index (χ1v) is 11.3. The van der Waals surface area contributed by atoms with Crippen molar-refractivity contribution >= 4 is 29.2 Å². The summed E-state index contributed by atoms with van der Waals surface area (Å²) >= 11 is 5.99. The van der Waals surface area contributed by atoms with Crippen LogP contribution >= 0.6 is 11.6 Å². The molecule has 2 aromatic rings. The molecule has 0 atom stereocenters. The molecule has 0 bridgehead atoms. The van der Waals surface area contributed by atoms with Crippen LogP contribution in [0.3, 0.4) is 0 Å². The molecule has 7 nitrogen and oxygen atoms in total. The Hall–Kier alpha value is -2.61. The molecule has 4 rings (SSSR count). The summed E-state index contributed by atoms with van der Waals surface area (Å²) < 4.78 is 0. The first-order valence-electron chi connectivity index (χ1n) is 10.9. The summed E-state index contributed by atoms with van der Waals surface area (Å²) in [5.74, 6) is -3.65. The number of aliphatic carboxylic acids is 2. The van der Waals surface area contributed by atoms with E-state index in [-0.39, 0.29) is 0 Å². The highest BCUT2D eigenvalue weighted by molar-refractivity contribution is 6.30. The lowest BCUT2D eigenvalue weighted by Gasteiger charge is -2.43. The molecule has 8 heteroatoms. The average molecular weight is 460 g/mol. The fourth-order valence-electron chi connectivity index (χ4n) is 4.27. The Morgan fingerprint density at radius 2 is 1.38 bits per heavy atom. The first-order chi connectivity index (χ1) is 15.4. The van der Waals surface area contributed by atoms with E-state index in [4.69, 9.17) is 31.4 Å². The summed E-state index contributed by atoms with van der Waals surface area (Å²) in [4.78, 5) is 26.0. The predicted molar refractivity (Wildman–Crippen MR) is 125 cm³/mol. The zero-order valence-corrected chi connectivity index (χ0v) is 18.8. The minimum Gasteiger partial charge on any atom is -0.473 e. The van der Waals surface area contributed by atoms with Gasteiger partial charge in [-0.05, 0) is 55.8 Å². The Morgan fingerprint density at radius 1 is 0.812 bits per heavy atom. The number of piperidine rings is 1. The smallest absolute Gasteiger partial charge is 0.414 e. The second-order valence-electron chi connectivity index (χ2n) is 8.10. The van der Waals surface area contributed by atoms with Crippen LogP contribution in [0.25, 0.3) is 0 Å². The second-order valence-corrected chi connectivity index (χ2v) is 8.54. The van der Waals surface area contributed by atoms with E-state index in [9.17, 15) is 0 Å². The molecule has 172 valence electrons. The molecule has 2 aromatic carbocycles. The van der Waals surface area contributed by atoms with E-state index >= 15 is 0 Å². The van der Waals surface area contributed by atoms with Crippen molar-refractivity contribution in [3.8, 4) is 0 Å². The molecule has 2 aliphatic rings. The van der Waals surface area contributed by atoms with E-state index in [2.05, 4.69) is 57.2 Å². The molecule has 2 aliphatic heterocycles. The number of carbonyl (C=O) groups is 2. The summed E-state index contributed by atoms with van der Waals surface area (Å²) in [6, 6.07) is 19.9. The zero-order chi connectivity index (χ0) is 22.9. The van der Waals surface area contributed by atoms with Gasteiger partial charge >= 0.3 is 11.9 Å². The molecule has 0 unspecified atom stereocenters. The van der Waals surface area contributed by atoms with E-state index in [1.54, 1.807) is 0 Å². The molecule has 0 aromatic heterocycles. The number of likely N-dealkylation sites (tertiary alicyclic amines) is 1. The van der Waals surface area contributed by atoms with E-state index < -0.39 is 11.9 Å². The maximum Gasteiger partial charge on any atom is 0.414 e. The molecule has 0 spiro atoms. The highest BCUT2D eigenvalue weighted by atomic mass is 35.5. The average Bonchev–Trinajstić information content (AvgIpc) is 2.82. The number of anilines is 1. The Bertz CT molecular complexity index is 851. The van der Waals surface area contributed by atoms with Crippen LogP contribution in [-0.2, 0) is 16.1 Å². The number of halogens is 1. The van der Waals surface area contributed by atoms with Gasteiger partial charge in [-0.1, -0.05) is 41.9 Å². The molecule has 0 saturated carbocycles. The highest BCUT2D eigenvalue weighted by Gasteiger charge is 2.27. The molecule has 0 amide bonds. The van der Waals surface area contributed by atoms with E-state index in [0.29, 0.717) is 0 Å². The number of carboxylic acid groups (broad SMARTS) is 2. The fourth-order valence-corrected chi connectivity index (χ4v) is 4.40. The summed E-state index contributed by atoms with van der Waals surface area (Å²) in [7, 11) is 0. The van der Waals surface area contributed by atoms with Gasteiger partial charge in [-0.3, -0.25) is 9.80 Å². The van der Waals surface area contributed by atoms with Crippen molar-refractivity contribution < 1.29 is 19.8 Å². The van der Waals surface area contributed by atoms with Crippen molar-refractivity contribution in [3.63, 3.8) is 0 Å². The number of piperazine rings is 1. The highest BCUT2D eigenvalue weighted by Crippen LogP contribution is 2.22. The summed E-state index contributed by atoms with van der Waals surface area (Å²) in [6.07, 6.45) is 2.58. The minimum absolute atomic E-state index is 0.759. The van der Waals surface area contributed by atoms with Crippen LogP contribution in [0.5, 0.6) is 0 Å². The summed E-state index contributed by atoms with van der Waals surface area (Å²) in [5, 5.41) is 15.6. The SMILES string of the molecule is Clc1ccc(CN2CCC(N3CCN(c4ccccc4)CC3)CC2)cc1.O=C(O)C(=O)O. The van der Waals surface area contributed by atoms with Crippen molar-refractivity contribution in [2.75, 3.05) is 44.2 Å². The molecular weight excluding hydrogens is 430 g/mol. The topological polar surface area (TPSA) is 84.3 Å². The van der Waals surface area contributed by atoms with Crippen molar-refractivity contribution in [2.24, 2.45) is 0 Å². The Balaban J connectivity index is 0.000000427. The van der Waals surface area contributed by atoms with Gasteiger partial charge in [0, 0.05) is 49.5 Å². The predicted octanol–water partition coefficient (Wildman–Crippen LogP) is 3.28. The van der Waals surface area contributed by atoms with Crippen molar-refractivity contribution in [1.29, 1.82) is 0 Å². The summed E-state index contributed by atoms with van der Waals surface area (Å²) in [6.45, 7) is 8.13. The molecule has 0 aliphatic carbocycles. The molecule has 2 saturated heterocycles. The van der Waals surface area contributed by atoms with Crippen LogP contribution in [0.1, 0.15) is 18.4 Å². The number of hydrogen-bond acceptors (Lipinski definition) is 5. The van der Waals surface area contributed by atoms with Crippen molar-refractivity contribution in [3.05, 3.63) is 65.2 Å². The van der Waals surface area contributed by atoms with E-state index in [1.807, 2.05) is 12.1 Å². The lowest BCUT2D eigenvalue weighted by Crippen LogP contribution is -2.53. The molecular formula is C24H30ClN3O4. The minimum atomic E-state index is -1.82. The van der Waals surface area contributed by atoms with Gasteiger partial charge in [0.05, 0.1) is 0 Å². The van der Waals surface area contributed by atoms with Gasteiger partial charge in [-0.15, -0.1) is 0 Å². The Kier molecular flexibility index (Phi) is 8.90. The van der Waals surface area contributed by atoms with Crippen LogP contribution in [0, 0.1) is 0 Å². The number of carboxylic acids is 2. The van der Waals surface area contributed by atoms with Gasteiger partial charge in [-0.25, -0.2) is 9.59 Å². The number of hydrogen-bond donors (Lipinski definition) is 2. The standard InChI is InChI=1S/C22H28ClN3.C2H2O4/c23-20-8-6-19(7-9-20)18-24-12-10-22(11-13-24)26-16-14-25(15-17-26)21-4-2-1-3-5-21;3-1(4)2(5)6/h1-9,22H,10-18H2;(H,3,4)(H,5,6). The van der Waals surface area contributed by atoms with Gasteiger partial charge in [0.15, 0.2) is 0 Å². The van der Waals surface area contributed by atoms with Crippen LogP contribution in [0.15, 0.2) is 54.6 Å². The number of nitrogens with zero attached hydrogens (tertiary/aromatic N) is 3. The Morgan fingerprint density at radius 3 is 1.91 bits per heavy atom. The number of para-hydroxylation sites is 1. The quantitative estimate of drug-likeness (QED) is 0.678. The van der Waals surface area contributed by atoms with E-state index in [0.717, 1.165) is 30.7 Å². The molecule has 2 N–H and O–H groups in total. The molecule has 2 fully saturated rings. The third kappa shape index (κ3) is 7.22. The maximum absolute atomic E-state index is 9.10. The van der Waals surface area contributed by atoms with E-state index in [1.165, 1.54) is 50.3 Å². The van der Waals surface area contributed by atoms with Crippen LogP contribution in [0.4, 0.5) is 5.69 Å². The maximum atomic E-state index is 9.10. The molecule has 2 heterocycles. The molecule has 0 radical (unpaired) electrons. The van der Waals surface area contributed by atoms with Crippen molar-refractivity contribution in [1.82, 2.24) is 9.80 Å². The summed E-state index contributed by atoms with van der Waals surface area (Å²) in [5.41, 5.74) is 2.73. The normalized spacial score (nSPS) is 18.0. The molecule has 32 heavy (non-hydrogen) atoms. The zero-order valence-electron chi connectivity index (χ0n) is 18.1. The number of benzene rings is 2. The fraction of sp³-hybridized carbons (Fsp3) is 0.417. The lowest BCUT2D eigenvalue weighted by molar-refractivity contribution is -0.159. The Labute approximate surface area is 193 Å². The largest absolute Gasteiger partial charge is 0.473 e.